The van der Waals surface area contributed by atoms with Gasteiger partial charge >= 0.3 is 12.3 Å². The summed E-state index contributed by atoms with van der Waals surface area (Å²) in [5.41, 5.74) is -2.18. The molecule has 0 saturated heterocycles. The molecule has 2 amide bonds. The van der Waals surface area contributed by atoms with Crippen LogP contribution in [0.15, 0.2) is 24.3 Å². The van der Waals surface area contributed by atoms with Gasteiger partial charge in [0, 0.05) is 12.1 Å². The molecule has 0 bridgehead atoms. The zero-order chi connectivity index (χ0) is 19.5. The summed E-state index contributed by atoms with van der Waals surface area (Å²) in [6.07, 6.45) is -5.07. The number of carbonyl (C=O) groups is 2. The van der Waals surface area contributed by atoms with Gasteiger partial charge in [0.25, 0.3) is 5.91 Å². The van der Waals surface area contributed by atoms with Crippen molar-refractivity contribution in [1.82, 2.24) is 10.6 Å². The lowest BCUT2D eigenvalue weighted by atomic mass is 10.1. The lowest BCUT2D eigenvalue weighted by molar-refractivity contribution is -0.137. The number of rotatable bonds is 4. The third-order valence-electron chi connectivity index (χ3n) is 3.00. The average Bonchev–Trinajstić information content (AvgIpc) is 2.41. The summed E-state index contributed by atoms with van der Waals surface area (Å²) in [6.45, 7) is 8.63. The van der Waals surface area contributed by atoms with Gasteiger partial charge in [-0.3, -0.25) is 4.79 Å². The number of ether oxygens (including phenoxy) is 1. The lowest BCUT2D eigenvalue weighted by Gasteiger charge is -2.28. The van der Waals surface area contributed by atoms with Crippen LogP contribution in [0.2, 0.25) is 0 Å². The van der Waals surface area contributed by atoms with Crippen molar-refractivity contribution >= 4 is 12.0 Å². The van der Waals surface area contributed by atoms with E-state index in [2.05, 4.69) is 10.6 Å². The number of hydrogen-bond donors (Lipinski definition) is 2. The van der Waals surface area contributed by atoms with Crippen LogP contribution in [0.1, 0.15) is 50.5 Å². The molecule has 0 radical (unpaired) electrons. The second-order valence-corrected chi connectivity index (χ2v) is 7.27. The van der Waals surface area contributed by atoms with E-state index >= 15 is 0 Å². The number of alkyl carbamates (subject to hydrolysis) is 1. The molecule has 140 valence electrons. The molecule has 0 atom stereocenters. The number of alkyl halides is 3. The quantitative estimate of drug-likeness (QED) is 0.860. The van der Waals surface area contributed by atoms with Crippen LogP contribution < -0.4 is 10.6 Å². The van der Waals surface area contributed by atoms with Crippen LogP contribution in [0.4, 0.5) is 18.0 Å². The van der Waals surface area contributed by atoms with E-state index in [1.807, 2.05) is 0 Å². The normalized spacial score (nSPS) is 12.5. The van der Waals surface area contributed by atoms with Crippen molar-refractivity contribution in [3.63, 3.8) is 0 Å². The number of amides is 2. The van der Waals surface area contributed by atoms with Crippen LogP contribution in [0.25, 0.3) is 0 Å². The van der Waals surface area contributed by atoms with Crippen molar-refractivity contribution in [3.05, 3.63) is 35.4 Å². The van der Waals surface area contributed by atoms with Gasteiger partial charge < -0.3 is 15.4 Å². The average molecular weight is 360 g/mol. The largest absolute Gasteiger partial charge is 0.444 e. The van der Waals surface area contributed by atoms with Crippen molar-refractivity contribution in [1.29, 1.82) is 0 Å². The van der Waals surface area contributed by atoms with E-state index in [9.17, 15) is 22.8 Å². The van der Waals surface area contributed by atoms with Gasteiger partial charge in [-0.2, -0.15) is 13.2 Å². The smallest absolute Gasteiger partial charge is 0.416 e. The van der Waals surface area contributed by atoms with Gasteiger partial charge in [0.2, 0.25) is 0 Å². The minimum Gasteiger partial charge on any atom is -0.444 e. The maximum absolute atomic E-state index is 12.5. The first-order valence-corrected chi connectivity index (χ1v) is 7.66. The van der Waals surface area contributed by atoms with E-state index in [1.165, 1.54) is 0 Å². The fraction of sp³-hybridized carbons (Fsp3) is 0.529. The Labute approximate surface area is 144 Å². The minimum atomic E-state index is -4.45. The highest BCUT2D eigenvalue weighted by molar-refractivity contribution is 5.94. The molecule has 0 heterocycles. The van der Waals surface area contributed by atoms with Crippen LogP contribution in [0.3, 0.4) is 0 Å². The number of hydrogen-bond acceptors (Lipinski definition) is 3. The second kappa shape index (κ2) is 7.33. The van der Waals surface area contributed by atoms with Crippen molar-refractivity contribution in [2.75, 3.05) is 6.54 Å². The van der Waals surface area contributed by atoms with Gasteiger partial charge in [0.15, 0.2) is 0 Å². The lowest BCUT2D eigenvalue weighted by Crippen LogP contribution is -2.52. The molecule has 0 aromatic heterocycles. The highest BCUT2D eigenvalue weighted by Gasteiger charge is 2.30. The Bertz CT molecular complexity index is 618. The predicted octanol–water partition coefficient (Wildman–Crippen LogP) is 3.74. The third-order valence-corrected chi connectivity index (χ3v) is 3.00. The number of nitrogens with one attached hydrogen (secondary N) is 2. The zero-order valence-electron chi connectivity index (χ0n) is 14.9. The van der Waals surface area contributed by atoms with Gasteiger partial charge in [-0.05, 0) is 58.9 Å². The molecule has 1 aromatic carbocycles. The summed E-state index contributed by atoms with van der Waals surface area (Å²) < 4.78 is 42.7. The summed E-state index contributed by atoms with van der Waals surface area (Å²) in [5, 5.41) is 5.20. The molecule has 0 aliphatic rings. The number of benzene rings is 1. The van der Waals surface area contributed by atoms with Crippen LogP contribution >= 0.6 is 0 Å². The molecule has 1 aromatic rings. The Morgan fingerprint density at radius 2 is 1.52 bits per heavy atom. The monoisotopic (exact) mass is 360 g/mol. The van der Waals surface area contributed by atoms with Crippen LogP contribution in [-0.2, 0) is 10.9 Å². The van der Waals surface area contributed by atoms with Gasteiger partial charge in [-0.15, -0.1) is 0 Å². The van der Waals surface area contributed by atoms with Crippen LogP contribution in [-0.4, -0.2) is 29.7 Å². The van der Waals surface area contributed by atoms with E-state index < -0.39 is 34.9 Å². The van der Waals surface area contributed by atoms with Crippen molar-refractivity contribution in [2.45, 2.75) is 51.9 Å². The molecule has 2 N–H and O–H groups in total. The molecule has 8 heteroatoms. The highest BCUT2D eigenvalue weighted by atomic mass is 19.4. The number of halogens is 3. The second-order valence-electron chi connectivity index (χ2n) is 7.27. The van der Waals surface area contributed by atoms with Gasteiger partial charge in [-0.1, -0.05) is 0 Å². The highest BCUT2D eigenvalue weighted by Crippen LogP contribution is 2.29. The predicted molar refractivity (Wildman–Crippen MR) is 87.2 cm³/mol. The molecule has 0 spiro atoms. The molecule has 1 rings (SSSR count). The van der Waals surface area contributed by atoms with Crippen molar-refractivity contribution < 1.29 is 27.5 Å². The summed E-state index contributed by atoms with van der Waals surface area (Å²) in [5.74, 6) is -0.534. The summed E-state index contributed by atoms with van der Waals surface area (Å²) >= 11 is 0. The summed E-state index contributed by atoms with van der Waals surface area (Å²) in [6, 6.07) is 3.90. The standard InChI is InChI=1S/C17H23F3N2O3/c1-15(2,3)25-14(24)22-16(4,5)10-21-13(23)11-6-8-12(9-7-11)17(18,19)20/h6-9H,10H2,1-5H3,(H,21,23)(H,22,24). The van der Waals surface area contributed by atoms with Crippen molar-refractivity contribution in [2.24, 2.45) is 0 Å². The maximum Gasteiger partial charge on any atom is 0.416 e. The van der Waals surface area contributed by atoms with E-state index in [0.29, 0.717) is 0 Å². The first-order valence-electron chi connectivity index (χ1n) is 7.66. The molecule has 25 heavy (non-hydrogen) atoms. The first-order chi connectivity index (χ1) is 11.2. The number of carbonyl (C=O) groups excluding carboxylic acids is 2. The molecule has 0 fully saturated rings. The van der Waals surface area contributed by atoms with Crippen LogP contribution in [0, 0.1) is 0 Å². The fourth-order valence-corrected chi connectivity index (χ4v) is 1.84. The topological polar surface area (TPSA) is 67.4 Å². The molecule has 0 saturated carbocycles. The Hall–Kier alpha value is -2.25. The van der Waals surface area contributed by atoms with Gasteiger partial charge in [-0.25, -0.2) is 4.79 Å². The first kappa shape index (κ1) is 20.8. The van der Waals surface area contributed by atoms with E-state index in [0.717, 1.165) is 24.3 Å². The maximum atomic E-state index is 12.5. The van der Waals surface area contributed by atoms with Gasteiger partial charge in [0.05, 0.1) is 11.1 Å². The molecule has 0 aliphatic carbocycles. The molecular weight excluding hydrogens is 337 g/mol. The fourth-order valence-electron chi connectivity index (χ4n) is 1.84. The van der Waals surface area contributed by atoms with Gasteiger partial charge in [0.1, 0.15) is 5.60 Å². The van der Waals surface area contributed by atoms with E-state index in [1.54, 1.807) is 34.6 Å². The van der Waals surface area contributed by atoms with Crippen molar-refractivity contribution in [3.8, 4) is 0 Å². The van der Waals surface area contributed by atoms with Crippen LogP contribution in [0.5, 0.6) is 0 Å². The zero-order valence-corrected chi connectivity index (χ0v) is 14.9. The van der Waals surface area contributed by atoms with E-state index in [-0.39, 0.29) is 12.1 Å². The third kappa shape index (κ3) is 7.45. The Balaban J connectivity index is 2.61. The SMILES string of the molecule is CC(C)(CNC(=O)c1ccc(C(F)(F)F)cc1)NC(=O)OC(C)(C)C. The Kier molecular flexibility index (Phi) is 6.09. The molecule has 0 aliphatic heterocycles. The molecule has 0 unspecified atom stereocenters. The molecule has 5 nitrogen and oxygen atoms in total. The Morgan fingerprint density at radius 3 is 1.96 bits per heavy atom. The Morgan fingerprint density at radius 1 is 1.00 bits per heavy atom. The van der Waals surface area contributed by atoms with E-state index in [4.69, 9.17) is 4.74 Å². The molecular formula is C17H23F3N2O3. The minimum absolute atomic E-state index is 0.0755. The summed E-state index contributed by atoms with van der Waals surface area (Å²) in [4.78, 5) is 23.8. The summed E-state index contributed by atoms with van der Waals surface area (Å²) in [7, 11) is 0.